The second-order valence-corrected chi connectivity index (χ2v) is 5.88. The van der Waals surface area contributed by atoms with E-state index in [0.717, 1.165) is 4.47 Å². The van der Waals surface area contributed by atoms with Crippen LogP contribution in [-0.4, -0.2) is 37.7 Å². The van der Waals surface area contributed by atoms with Crippen LogP contribution in [0, 0.1) is 0 Å². The van der Waals surface area contributed by atoms with Crippen molar-refractivity contribution in [2.45, 2.75) is 32.5 Å². The summed E-state index contributed by atoms with van der Waals surface area (Å²) in [5.74, 6) is -0.610. The third-order valence-corrected chi connectivity index (χ3v) is 3.74. The van der Waals surface area contributed by atoms with E-state index in [1.54, 1.807) is 38.1 Å². The molecular weight excluding hydrogens is 380 g/mol. The molecule has 132 valence electrons. The second-order valence-electron chi connectivity index (χ2n) is 4.96. The number of hydrogen-bond acceptors (Lipinski definition) is 5. The summed E-state index contributed by atoms with van der Waals surface area (Å²) < 4.78 is 11.0. The summed E-state index contributed by atoms with van der Waals surface area (Å²) in [6.45, 7) is 5.33. The summed E-state index contributed by atoms with van der Waals surface area (Å²) in [6, 6.07) is 6.17. The van der Waals surface area contributed by atoms with E-state index >= 15 is 0 Å². The predicted molar refractivity (Wildman–Crippen MR) is 91.3 cm³/mol. The minimum atomic E-state index is -1.42. The Labute approximate surface area is 149 Å². The third kappa shape index (κ3) is 5.31. The maximum atomic E-state index is 12.4. The van der Waals surface area contributed by atoms with E-state index < -0.39 is 23.8 Å². The number of ether oxygens (including phenoxy) is 2. The highest BCUT2D eigenvalue weighted by Crippen LogP contribution is 2.24. The average Bonchev–Trinajstić information content (AvgIpc) is 2.54. The Hall–Kier alpha value is -1.93. The maximum absolute atomic E-state index is 12.4. The summed E-state index contributed by atoms with van der Waals surface area (Å²) in [4.78, 5) is 35.4. The van der Waals surface area contributed by atoms with E-state index in [-0.39, 0.29) is 13.2 Å². The molecule has 24 heavy (non-hydrogen) atoms. The first-order valence-corrected chi connectivity index (χ1v) is 8.25. The Kier molecular flexibility index (Phi) is 7.87. The van der Waals surface area contributed by atoms with Gasteiger partial charge in [0.25, 0.3) is 0 Å². The van der Waals surface area contributed by atoms with Crippen molar-refractivity contribution in [3.63, 3.8) is 0 Å². The number of amides is 2. The van der Waals surface area contributed by atoms with Crippen LogP contribution >= 0.6 is 15.9 Å². The van der Waals surface area contributed by atoms with Gasteiger partial charge in [0.15, 0.2) is 18.1 Å². The van der Waals surface area contributed by atoms with Gasteiger partial charge in [-0.2, -0.15) is 0 Å². The number of rotatable bonds is 8. The molecule has 2 N–H and O–H groups in total. The summed E-state index contributed by atoms with van der Waals surface area (Å²) in [5.41, 5.74) is -0.876. The molecule has 0 fully saturated rings. The molecule has 1 aromatic rings. The van der Waals surface area contributed by atoms with Crippen LogP contribution in [0.3, 0.4) is 0 Å². The number of benzene rings is 1. The Balaban J connectivity index is 3.01. The molecule has 0 radical (unpaired) electrons. The topological polar surface area (TPSA) is 93.7 Å². The summed E-state index contributed by atoms with van der Waals surface area (Å²) >= 11 is 3.32. The number of hydrogen-bond donors (Lipinski definition) is 2. The molecule has 1 aromatic carbocycles. The summed E-state index contributed by atoms with van der Waals surface area (Å²) in [7, 11) is 0. The van der Waals surface area contributed by atoms with Crippen molar-refractivity contribution in [1.29, 1.82) is 0 Å². The fourth-order valence-electron chi connectivity index (χ4n) is 1.99. The fraction of sp³-hybridized carbons (Fsp3) is 0.438. The van der Waals surface area contributed by atoms with E-state index in [9.17, 15) is 14.4 Å². The number of carbonyl (C=O) groups excluding carboxylic acids is 3. The minimum Gasteiger partial charge on any atom is -0.464 e. The molecule has 0 aliphatic rings. The summed E-state index contributed by atoms with van der Waals surface area (Å²) in [5, 5.41) is 4.90. The van der Waals surface area contributed by atoms with Gasteiger partial charge in [-0.25, -0.2) is 9.59 Å². The van der Waals surface area contributed by atoms with E-state index in [4.69, 9.17) is 9.47 Å². The van der Waals surface area contributed by atoms with Gasteiger partial charge in [0.1, 0.15) is 0 Å². The maximum Gasteiger partial charge on any atom is 0.336 e. The highest BCUT2D eigenvalue weighted by Gasteiger charge is 2.38. The van der Waals surface area contributed by atoms with Crippen LogP contribution in [0.25, 0.3) is 0 Å². The van der Waals surface area contributed by atoms with Gasteiger partial charge in [0.05, 0.1) is 6.61 Å². The van der Waals surface area contributed by atoms with Crippen molar-refractivity contribution in [3.8, 4) is 0 Å². The summed E-state index contributed by atoms with van der Waals surface area (Å²) in [6.07, 6.45) is -0.629. The molecular formula is C16H21BrN2O5. The molecule has 0 heterocycles. The van der Waals surface area contributed by atoms with Crippen LogP contribution in [0.4, 0.5) is 4.79 Å². The molecule has 0 saturated carbocycles. The van der Waals surface area contributed by atoms with Crippen LogP contribution in [0.2, 0.25) is 0 Å². The average molecular weight is 401 g/mol. The lowest BCUT2D eigenvalue weighted by atomic mass is 9.92. The Morgan fingerprint density at radius 3 is 2.38 bits per heavy atom. The number of nitrogens with one attached hydrogen (secondary N) is 2. The molecule has 0 saturated heterocycles. The SMILES string of the molecule is CCOC(=O)C(C)(NC(=O)NC(C=O)OCC)c1ccc(Br)cc1. The van der Waals surface area contributed by atoms with Gasteiger partial charge < -0.3 is 20.1 Å². The molecule has 0 spiro atoms. The van der Waals surface area contributed by atoms with Gasteiger partial charge >= 0.3 is 12.0 Å². The fourth-order valence-corrected chi connectivity index (χ4v) is 2.25. The Morgan fingerprint density at radius 2 is 1.88 bits per heavy atom. The van der Waals surface area contributed by atoms with E-state index in [1.165, 1.54) is 6.92 Å². The molecule has 8 heteroatoms. The zero-order chi connectivity index (χ0) is 18.2. The van der Waals surface area contributed by atoms with Gasteiger partial charge in [0, 0.05) is 11.1 Å². The monoisotopic (exact) mass is 400 g/mol. The normalized spacial score (nSPS) is 14.2. The van der Waals surface area contributed by atoms with Crippen molar-refractivity contribution < 1.29 is 23.9 Å². The molecule has 0 aliphatic carbocycles. The van der Waals surface area contributed by atoms with Gasteiger partial charge in [0.2, 0.25) is 0 Å². The van der Waals surface area contributed by atoms with Gasteiger partial charge in [-0.15, -0.1) is 0 Å². The number of aldehydes is 1. The van der Waals surface area contributed by atoms with Crippen LogP contribution in [0.1, 0.15) is 26.3 Å². The largest absolute Gasteiger partial charge is 0.464 e. The number of urea groups is 1. The zero-order valence-electron chi connectivity index (χ0n) is 13.8. The Morgan fingerprint density at radius 1 is 1.25 bits per heavy atom. The highest BCUT2D eigenvalue weighted by atomic mass is 79.9. The first-order chi connectivity index (χ1) is 11.4. The second kappa shape index (κ2) is 9.39. The third-order valence-electron chi connectivity index (χ3n) is 3.21. The molecule has 0 bridgehead atoms. The molecule has 0 aromatic heterocycles. The van der Waals surface area contributed by atoms with Crippen LogP contribution in [-0.2, 0) is 24.6 Å². The molecule has 0 aliphatic heterocycles. The first kappa shape index (κ1) is 20.1. The zero-order valence-corrected chi connectivity index (χ0v) is 15.4. The van der Waals surface area contributed by atoms with Crippen molar-refractivity contribution in [2.24, 2.45) is 0 Å². The first-order valence-electron chi connectivity index (χ1n) is 7.46. The smallest absolute Gasteiger partial charge is 0.336 e. The lowest BCUT2D eigenvalue weighted by Gasteiger charge is -2.29. The minimum absolute atomic E-state index is 0.171. The van der Waals surface area contributed by atoms with Gasteiger partial charge in [-0.1, -0.05) is 28.1 Å². The quantitative estimate of drug-likeness (QED) is 0.395. The predicted octanol–water partition coefficient (Wildman–Crippen LogP) is 2.09. The van der Waals surface area contributed by atoms with Crippen molar-refractivity contribution in [2.75, 3.05) is 13.2 Å². The van der Waals surface area contributed by atoms with Crippen molar-refractivity contribution in [1.82, 2.24) is 10.6 Å². The molecule has 2 atom stereocenters. The highest BCUT2D eigenvalue weighted by molar-refractivity contribution is 9.10. The van der Waals surface area contributed by atoms with Crippen LogP contribution in [0.5, 0.6) is 0 Å². The molecule has 1 rings (SSSR count). The number of carbonyl (C=O) groups is 3. The van der Waals surface area contributed by atoms with Crippen LogP contribution < -0.4 is 10.6 Å². The lowest BCUT2D eigenvalue weighted by molar-refractivity contribution is -0.150. The van der Waals surface area contributed by atoms with E-state index in [0.29, 0.717) is 11.8 Å². The lowest BCUT2D eigenvalue weighted by Crippen LogP contribution is -2.55. The van der Waals surface area contributed by atoms with E-state index in [2.05, 4.69) is 26.6 Å². The number of esters is 1. The van der Waals surface area contributed by atoms with Crippen molar-refractivity contribution in [3.05, 3.63) is 34.3 Å². The Bertz CT molecular complexity index is 578. The molecule has 7 nitrogen and oxygen atoms in total. The molecule has 2 amide bonds. The standard InChI is InChI=1S/C16H21BrN2O5/c1-4-23-13(10-20)18-15(22)19-16(3,14(21)24-5-2)11-6-8-12(17)9-7-11/h6-10,13H,4-5H2,1-3H3,(H2,18,19,22). The van der Waals surface area contributed by atoms with E-state index in [1.807, 2.05) is 0 Å². The molecule has 2 unspecified atom stereocenters. The van der Waals surface area contributed by atoms with Crippen molar-refractivity contribution >= 4 is 34.2 Å². The van der Waals surface area contributed by atoms with Gasteiger partial charge in [-0.3, -0.25) is 4.79 Å². The number of halogens is 1. The van der Waals surface area contributed by atoms with Crippen LogP contribution in [0.15, 0.2) is 28.7 Å². The van der Waals surface area contributed by atoms with Gasteiger partial charge in [-0.05, 0) is 38.5 Å².